The van der Waals surface area contributed by atoms with Crippen molar-refractivity contribution in [1.82, 2.24) is 34.0 Å². The second kappa shape index (κ2) is 13.8. The van der Waals surface area contributed by atoms with Crippen molar-refractivity contribution in [3.05, 3.63) is 85.6 Å². The summed E-state index contributed by atoms with van der Waals surface area (Å²) in [7, 11) is 0. The van der Waals surface area contributed by atoms with Gasteiger partial charge in [-0.25, -0.2) is 9.97 Å². The first-order valence-corrected chi connectivity index (χ1v) is 16.9. The number of nitrogens with zero attached hydrogens (tertiary/aromatic N) is 7. The number of aliphatic hydroxyl groups is 1. The molecule has 52 heavy (non-hydrogen) atoms. The maximum Gasteiger partial charge on any atom is 0.416 e. The molecule has 0 bridgehead atoms. The Morgan fingerprint density at radius 3 is 2.62 bits per heavy atom. The summed E-state index contributed by atoms with van der Waals surface area (Å²) in [6.07, 6.45) is 1.53. The molecule has 1 aliphatic carbocycles. The number of hydrogen-bond acceptors (Lipinski definition) is 9. The molecule has 1 fully saturated rings. The highest BCUT2D eigenvalue weighted by Gasteiger charge is 2.40. The van der Waals surface area contributed by atoms with E-state index in [0.29, 0.717) is 37.0 Å². The van der Waals surface area contributed by atoms with Crippen LogP contribution in [0.1, 0.15) is 85.3 Å². The van der Waals surface area contributed by atoms with Gasteiger partial charge in [0.25, 0.3) is 11.5 Å². The van der Waals surface area contributed by atoms with Gasteiger partial charge >= 0.3 is 6.18 Å². The maximum atomic E-state index is 14.2. The minimum atomic E-state index is -4.62. The Morgan fingerprint density at radius 2 is 1.96 bits per heavy atom. The molecule has 1 aliphatic heterocycles. The quantitative estimate of drug-likeness (QED) is 0.231. The first-order chi connectivity index (χ1) is 24.5. The van der Waals surface area contributed by atoms with E-state index in [1.54, 1.807) is 24.8 Å². The Labute approximate surface area is 300 Å². The van der Waals surface area contributed by atoms with Crippen LogP contribution in [-0.4, -0.2) is 74.2 Å². The molecule has 3 aromatic heterocycles. The Balaban J connectivity index is 1.42. The Hall–Kier alpha value is -5.09. The fraction of sp³-hybridized carbons (Fsp3) is 0.400. The Bertz CT molecular complexity index is 2230. The molecule has 1 atom stereocenters. The number of likely N-dealkylation sites (tertiary alicyclic amines) is 1. The van der Waals surface area contributed by atoms with Crippen molar-refractivity contribution in [3.8, 4) is 5.75 Å². The van der Waals surface area contributed by atoms with Crippen molar-refractivity contribution >= 4 is 46.5 Å². The van der Waals surface area contributed by atoms with Crippen molar-refractivity contribution in [3.63, 3.8) is 0 Å². The third-order valence-electron chi connectivity index (χ3n) is 9.32. The summed E-state index contributed by atoms with van der Waals surface area (Å²) in [6.45, 7) is 6.77. The molecule has 1 aromatic carbocycles. The topological polar surface area (TPSA) is 168 Å². The zero-order valence-electron chi connectivity index (χ0n) is 28.8. The van der Waals surface area contributed by atoms with Gasteiger partial charge in [-0.1, -0.05) is 24.6 Å². The van der Waals surface area contributed by atoms with Crippen molar-refractivity contribution in [1.29, 1.82) is 0 Å². The Kier molecular flexibility index (Phi) is 9.74. The van der Waals surface area contributed by atoms with Gasteiger partial charge in [0.05, 0.1) is 33.6 Å². The number of allylic oxidation sites excluding steroid dienone is 1. The molecule has 3 N–H and O–H groups in total. The van der Waals surface area contributed by atoms with Crippen molar-refractivity contribution in [2.75, 3.05) is 11.9 Å². The van der Waals surface area contributed by atoms with Gasteiger partial charge in [0.1, 0.15) is 12.9 Å². The average molecular weight is 741 g/mol. The number of aromatic hydroxyl groups is 1. The highest BCUT2D eigenvalue weighted by molar-refractivity contribution is 6.33. The van der Waals surface area contributed by atoms with Crippen LogP contribution < -0.4 is 10.9 Å². The lowest BCUT2D eigenvalue weighted by Gasteiger charge is -2.30. The molecular formula is C35H36ClF3N8O5. The number of alkyl halides is 3. The van der Waals surface area contributed by atoms with E-state index in [9.17, 15) is 37.8 Å². The lowest BCUT2D eigenvalue weighted by molar-refractivity contribution is -0.137. The number of aryl methyl sites for hydroxylation is 1. The summed E-state index contributed by atoms with van der Waals surface area (Å²) in [5.74, 6) is -1.15. The van der Waals surface area contributed by atoms with E-state index >= 15 is 0 Å². The maximum absolute atomic E-state index is 14.2. The average Bonchev–Trinajstić information content (AvgIpc) is 3.66. The number of amides is 2. The van der Waals surface area contributed by atoms with E-state index in [0.717, 1.165) is 28.3 Å². The molecule has 4 aromatic rings. The number of hydrogen-bond donors (Lipinski definition) is 3. The fourth-order valence-corrected chi connectivity index (χ4v) is 6.85. The van der Waals surface area contributed by atoms with E-state index in [2.05, 4.69) is 25.4 Å². The van der Waals surface area contributed by atoms with Crippen LogP contribution in [0, 0.1) is 6.92 Å². The second-order valence-corrected chi connectivity index (χ2v) is 13.9. The SMILES string of the molecule is CCc1c(/C=C2/CN(C(=O)c3ncnc(C)c3O)C(C)(C)C2)c(=O)n2nc(C3=CCC(O)CC3)nc2n1CC(=O)Nc1ccc(C(F)(F)F)cc1Cl. The normalized spacial score (nSPS) is 18.2. The summed E-state index contributed by atoms with van der Waals surface area (Å²) < 4.78 is 42.3. The predicted octanol–water partition coefficient (Wildman–Crippen LogP) is 5.20. The van der Waals surface area contributed by atoms with Crippen LogP contribution in [0.4, 0.5) is 18.9 Å². The van der Waals surface area contributed by atoms with Crippen LogP contribution in [0.3, 0.4) is 0 Å². The van der Waals surface area contributed by atoms with E-state index in [1.165, 1.54) is 10.9 Å². The van der Waals surface area contributed by atoms with E-state index in [-0.39, 0.29) is 58.0 Å². The minimum absolute atomic E-state index is 0.0342. The van der Waals surface area contributed by atoms with E-state index in [4.69, 9.17) is 11.6 Å². The summed E-state index contributed by atoms with van der Waals surface area (Å²) in [5.41, 5.74) is -0.0510. The van der Waals surface area contributed by atoms with Gasteiger partial charge in [-0.2, -0.15) is 22.7 Å². The number of anilines is 1. The number of carbonyl (C=O) groups excluding carboxylic acids is 2. The zero-order chi connectivity index (χ0) is 37.7. The molecule has 1 unspecified atom stereocenters. The fourth-order valence-electron chi connectivity index (χ4n) is 6.62. The first-order valence-electron chi connectivity index (χ1n) is 16.6. The summed E-state index contributed by atoms with van der Waals surface area (Å²) in [4.78, 5) is 55.5. The molecule has 17 heteroatoms. The smallest absolute Gasteiger partial charge is 0.416 e. The van der Waals surface area contributed by atoms with Gasteiger partial charge < -0.3 is 25.0 Å². The molecule has 6 rings (SSSR count). The van der Waals surface area contributed by atoms with Gasteiger partial charge in [0.15, 0.2) is 17.3 Å². The molecule has 2 aliphatic rings. The summed E-state index contributed by atoms with van der Waals surface area (Å²) >= 11 is 6.12. The first kappa shape index (κ1) is 36.7. The van der Waals surface area contributed by atoms with Gasteiger partial charge in [-0.05, 0) is 88.3 Å². The lowest BCUT2D eigenvalue weighted by atomic mass is 9.97. The predicted molar refractivity (Wildman–Crippen MR) is 186 cm³/mol. The van der Waals surface area contributed by atoms with Crippen molar-refractivity contribution < 1.29 is 33.0 Å². The van der Waals surface area contributed by atoms with Crippen LogP contribution in [0.25, 0.3) is 17.4 Å². The van der Waals surface area contributed by atoms with Crippen molar-refractivity contribution in [2.45, 2.75) is 84.2 Å². The number of fused-ring (bicyclic) bond motifs is 1. The van der Waals surface area contributed by atoms with Crippen molar-refractivity contribution in [2.24, 2.45) is 0 Å². The van der Waals surface area contributed by atoms with Crippen LogP contribution in [0.2, 0.25) is 5.02 Å². The molecule has 13 nitrogen and oxygen atoms in total. The standard InChI is InChI=1S/C35H36ClF3N8O5/c1-5-26-23(12-19-14-34(3,4)46(15-19)32(52)28-29(50)18(2)40-17-41-28)31(51)47-33(43-30(44-47)20-6-9-22(48)10-7-20)45(26)16-27(49)42-25-11-8-21(13-24(25)36)35(37,38)39/h6,8,11-13,17,22,48,50H,5,7,9-10,14-16H2,1-4H3,(H,42,49)/b19-12+. The van der Waals surface area contributed by atoms with Crippen LogP contribution in [0.15, 0.2) is 41.0 Å². The van der Waals surface area contributed by atoms with Crippen LogP contribution >= 0.6 is 11.6 Å². The number of nitrogens with one attached hydrogen (secondary N) is 1. The number of carbonyl (C=O) groups is 2. The zero-order valence-corrected chi connectivity index (χ0v) is 29.5. The number of halogens is 4. The highest BCUT2D eigenvalue weighted by Crippen LogP contribution is 2.37. The third kappa shape index (κ3) is 7.04. The third-order valence-corrected chi connectivity index (χ3v) is 9.63. The Morgan fingerprint density at radius 1 is 1.21 bits per heavy atom. The molecule has 0 spiro atoms. The number of aliphatic hydroxyl groups excluding tert-OH is 1. The molecule has 0 saturated carbocycles. The van der Waals surface area contributed by atoms with Gasteiger partial charge in [-0.3, -0.25) is 14.4 Å². The largest absolute Gasteiger partial charge is 0.504 e. The molecule has 274 valence electrons. The minimum Gasteiger partial charge on any atom is -0.504 e. The van der Waals surface area contributed by atoms with Crippen LogP contribution in [-0.2, 0) is 23.9 Å². The van der Waals surface area contributed by atoms with Crippen LogP contribution in [0.5, 0.6) is 5.75 Å². The van der Waals surface area contributed by atoms with E-state index < -0.39 is 47.3 Å². The molecular weight excluding hydrogens is 705 g/mol. The van der Waals surface area contributed by atoms with Gasteiger partial charge in [0.2, 0.25) is 11.7 Å². The summed E-state index contributed by atoms with van der Waals surface area (Å²) in [6, 6.07) is 2.60. The summed E-state index contributed by atoms with van der Waals surface area (Å²) in [5, 5.41) is 27.3. The molecule has 4 heterocycles. The molecule has 1 saturated heterocycles. The number of rotatable bonds is 7. The molecule has 2 amide bonds. The highest BCUT2D eigenvalue weighted by atomic mass is 35.5. The van der Waals surface area contributed by atoms with Gasteiger partial charge in [0, 0.05) is 17.8 Å². The second-order valence-electron chi connectivity index (χ2n) is 13.5. The number of aromatic nitrogens is 6. The van der Waals surface area contributed by atoms with Gasteiger partial charge in [-0.15, -0.1) is 5.10 Å². The monoisotopic (exact) mass is 740 g/mol. The van der Waals surface area contributed by atoms with E-state index in [1.807, 2.05) is 19.9 Å². The molecule has 0 radical (unpaired) electrons. The lowest BCUT2D eigenvalue weighted by Crippen LogP contribution is -2.43. The number of benzene rings is 1.